The summed E-state index contributed by atoms with van der Waals surface area (Å²) in [6, 6.07) is 3.43. The topological polar surface area (TPSA) is 69.6 Å². The van der Waals surface area contributed by atoms with E-state index in [1.165, 1.54) is 7.11 Å². The normalized spacial score (nSPS) is 19.2. The van der Waals surface area contributed by atoms with Crippen molar-refractivity contribution in [2.45, 2.75) is 19.4 Å². The molecule has 8 heteroatoms. The number of carbonyl (C=O) groups excluding carboxylic acids is 1. The number of hydrogen-bond acceptors (Lipinski definition) is 8. The number of ether oxygens (including phenoxy) is 4. The van der Waals surface area contributed by atoms with Gasteiger partial charge in [0.1, 0.15) is 0 Å². The molecule has 2 heterocycles. The first kappa shape index (κ1) is 19.4. The minimum Gasteiger partial charge on any atom is -0.493 e. The fourth-order valence-corrected chi connectivity index (χ4v) is 4.47. The van der Waals surface area contributed by atoms with E-state index in [1.807, 2.05) is 19.1 Å². The highest BCUT2D eigenvalue weighted by molar-refractivity contribution is 8.13. The van der Waals surface area contributed by atoms with Crippen LogP contribution in [0.5, 0.6) is 17.2 Å². The van der Waals surface area contributed by atoms with Gasteiger partial charge in [-0.25, -0.2) is 9.79 Å². The number of rotatable bonds is 5. The first-order valence-corrected chi connectivity index (χ1v) is 9.61. The van der Waals surface area contributed by atoms with E-state index in [4.69, 9.17) is 18.9 Å². The predicted octanol–water partition coefficient (Wildman–Crippen LogP) is 3.01. The molecule has 2 aliphatic heterocycles. The molecule has 2 aliphatic rings. The molecule has 3 rings (SSSR count). The molecule has 0 aromatic heterocycles. The van der Waals surface area contributed by atoms with Gasteiger partial charge < -0.3 is 23.8 Å². The zero-order chi connectivity index (χ0) is 19.6. The number of methoxy groups -OCH3 is 4. The number of aliphatic imine (C=N–C) groups is 1. The van der Waals surface area contributed by atoms with Crippen LogP contribution in [0.25, 0.3) is 0 Å². The summed E-state index contributed by atoms with van der Waals surface area (Å²) in [4.78, 5) is 19.4. The fourth-order valence-electron chi connectivity index (χ4n) is 3.45. The molecular formula is C19H24N2O5S. The van der Waals surface area contributed by atoms with Crippen LogP contribution in [0.15, 0.2) is 28.4 Å². The molecule has 0 N–H and O–H groups in total. The van der Waals surface area contributed by atoms with Crippen molar-refractivity contribution in [2.24, 2.45) is 4.99 Å². The summed E-state index contributed by atoms with van der Waals surface area (Å²) in [6.07, 6.45) is 1.01. The van der Waals surface area contributed by atoms with Gasteiger partial charge in [-0.15, -0.1) is 0 Å². The Balaban J connectivity index is 2.19. The monoisotopic (exact) mass is 392 g/mol. The average Bonchev–Trinajstić information content (AvgIpc) is 2.70. The molecule has 0 amide bonds. The minimum absolute atomic E-state index is 0.327. The second-order valence-electron chi connectivity index (χ2n) is 6.14. The Morgan fingerprint density at radius 2 is 1.81 bits per heavy atom. The maximum Gasteiger partial charge on any atom is 0.338 e. The zero-order valence-corrected chi connectivity index (χ0v) is 17.0. The van der Waals surface area contributed by atoms with Crippen LogP contribution in [0.2, 0.25) is 0 Å². The maximum atomic E-state index is 12.6. The summed E-state index contributed by atoms with van der Waals surface area (Å²) in [6.45, 7) is 2.65. The number of fused-ring (bicyclic) bond motifs is 1. The lowest BCUT2D eigenvalue weighted by molar-refractivity contribution is -0.136. The Morgan fingerprint density at radius 3 is 2.37 bits per heavy atom. The first-order valence-electron chi connectivity index (χ1n) is 8.62. The Bertz CT molecular complexity index is 780. The molecule has 0 saturated carbocycles. The highest BCUT2D eigenvalue weighted by Crippen LogP contribution is 2.45. The van der Waals surface area contributed by atoms with Crippen LogP contribution >= 0.6 is 11.8 Å². The van der Waals surface area contributed by atoms with E-state index in [9.17, 15) is 4.79 Å². The van der Waals surface area contributed by atoms with Crippen molar-refractivity contribution in [2.75, 3.05) is 40.7 Å². The van der Waals surface area contributed by atoms with Crippen LogP contribution in [-0.2, 0) is 9.53 Å². The van der Waals surface area contributed by atoms with Gasteiger partial charge in [0.15, 0.2) is 16.7 Å². The Hall–Kier alpha value is -2.35. The van der Waals surface area contributed by atoms with Gasteiger partial charge in [-0.05, 0) is 31.0 Å². The number of thioether (sulfide) groups is 1. The Kier molecular flexibility index (Phi) is 5.84. The third kappa shape index (κ3) is 3.45. The number of nitrogens with zero attached hydrogens (tertiary/aromatic N) is 2. The minimum atomic E-state index is -0.385. The number of hydrogen-bond donors (Lipinski definition) is 0. The molecule has 146 valence electrons. The van der Waals surface area contributed by atoms with Crippen molar-refractivity contribution in [3.05, 3.63) is 29.0 Å². The highest BCUT2D eigenvalue weighted by Gasteiger charge is 2.38. The first-order chi connectivity index (χ1) is 13.0. The van der Waals surface area contributed by atoms with Crippen LogP contribution in [0.3, 0.4) is 0 Å². The van der Waals surface area contributed by atoms with Crippen LogP contribution < -0.4 is 14.2 Å². The van der Waals surface area contributed by atoms with Crippen molar-refractivity contribution < 1.29 is 23.7 Å². The van der Waals surface area contributed by atoms with Gasteiger partial charge in [0.05, 0.1) is 45.8 Å². The molecule has 1 unspecified atom stereocenters. The molecule has 0 radical (unpaired) electrons. The Labute approximate surface area is 163 Å². The van der Waals surface area contributed by atoms with E-state index in [0.717, 1.165) is 29.4 Å². The second-order valence-corrected chi connectivity index (χ2v) is 7.20. The number of amidine groups is 1. The van der Waals surface area contributed by atoms with Crippen molar-refractivity contribution in [3.63, 3.8) is 0 Å². The van der Waals surface area contributed by atoms with Gasteiger partial charge in [0.25, 0.3) is 0 Å². The van der Waals surface area contributed by atoms with E-state index in [0.29, 0.717) is 28.5 Å². The molecular weight excluding hydrogens is 368 g/mol. The van der Waals surface area contributed by atoms with Crippen LogP contribution in [0.4, 0.5) is 0 Å². The average molecular weight is 392 g/mol. The summed E-state index contributed by atoms with van der Waals surface area (Å²) in [5.74, 6) is 2.23. The molecule has 7 nitrogen and oxygen atoms in total. The lowest BCUT2D eigenvalue weighted by atomic mass is 9.93. The molecule has 1 aromatic rings. The largest absolute Gasteiger partial charge is 0.493 e. The Morgan fingerprint density at radius 1 is 1.15 bits per heavy atom. The van der Waals surface area contributed by atoms with Gasteiger partial charge in [-0.3, -0.25) is 0 Å². The fraction of sp³-hybridized carbons (Fsp3) is 0.474. The van der Waals surface area contributed by atoms with E-state index in [2.05, 4.69) is 9.89 Å². The molecule has 27 heavy (non-hydrogen) atoms. The molecule has 0 spiro atoms. The lowest BCUT2D eigenvalue weighted by Gasteiger charge is -2.40. The molecule has 0 aliphatic carbocycles. The van der Waals surface area contributed by atoms with Crippen molar-refractivity contribution in [1.82, 2.24) is 4.90 Å². The van der Waals surface area contributed by atoms with Crippen LogP contribution in [0.1, 0.15) is 24.9 Å². The molecule has 1 saturated heterocycles. The number of carbonyl (C=O) groups is 1. The number of allylic oxidation sites excluding steroid dienone is 1. The summed E-state index contributed by atoms with van der Waals surface area (Å²) in [7, 11) is 6.11. The highest BCUT2D eigenvalue weighted by atomic mass is 32.2. The summed E-state index contributed by atoms with van der Waals surface area (Å²) >= 11 is 1.70. The van der Waals surface area contributed by atoms with E-state index in [1.54, 1.807) is 33.1 Å². The summed E-state index contributed by atoms with van der Waals surface area (Å²) in [5.41, 5.74) is 2.05. The number of esters is 1. The third-order valence-corrected chi connectivity index (χ3v) is 5.74. The SMILES string of the molecule is COC(=O)C1=C(C)N=C2SCCCN2C1c1cc(OC)c(OC)c(OC)c1. The van der Waals surface area contributed by atoms with Gasteiger partial charge in [-0.2, -0.15) is 0 Å². The predicted molar refractivity (Wildman–Crippen MR) is 105 cm³/mol. The standard InChI is InChI=1S/C19H24N2O5S/c1-11-15(18(22)26-5)16(21-7-6-8-27-19(21)20-11)12-9-13(23-2)17(25-4)14(10-12)24-3/h9-10,16H,6-8H2,1-5H3. The molecule has 1 fully saturated rings. The summed E-state index contributed by atoms with van der Waals surface area (Å²) in [5, 5.41) is 0.921. The lowest BCUT2D eigenvalue weighted by Crippen LogP contribution is -2.42. The molecule has 1 aromatic carbocycles. The van der Waals surface area contributed by atoms with Crippen LogP contribution in [-0.4, -0.2) is 56.8 Å². The van der Waals surface area contributed by atoms with Gasteiger partial charge >= 0.3 is 5.97 Å². The maximum absolute atomic E-state index is 12.6. The van der Waals surface area contributed by atoms with Crippen molar-refractivity contribution in [3.8, 4) is 17.2 Å². The van der Waals surface area contributed by atoms with E-state index in [-0.39, 0.29) is 12.0 Å². The van der Waals surface area contributed by atoms with E-state index >= 15 is 0 Å². The second kappa shape index (κ2) is 8.12. The quantitative estimate of drug-likeness (QED) is 0.714. The molecule has 1 atom stereocenters. The smallest absolute Gasteiger partial charge is 0.338 e. The van der Waals surface area contributed by atoms with Gasteiger partial charge in [-0.1, -0.05) is 11.8 Å². The number of benzene rings is 1. The molecule has 0 bridgehead atoms. The summed E-state index contributed by atoms with van der Waals surface area (Å²) < 4.78 is 21.5. The van der Waals surface area contributed by atoms with Crippen molar-refractivity contribution >= 4 is 22.9 Å². The van der Waals surface area contributed by atoms with E-state index < -0.39 is 0 Å². The van der Waals surface area contributed by atoms with Gasteiger partial charge in [0.2, 0.25) is 5.75 Å². The van der Waals surface area contributed by atoms with Crippen LogP contribution in [0, 0.1) is 0 Å². The third-order valence-electron chi connectivity index (χ3n) is 4.67. The van der Waals surface area contributed by atoms with Gasteiger partial charge in [0, 0.05) is 12.3 Å². The van der Waals surface area contributed by atoms with Crippen molar-refractivity contribution in [1.29, 1.82) is 0 Å². The zero-order valence-electron chi connectivity index (χ0n) is 16.2.